The number of hydrogen-bond donors (Lipinski definition) is 1. The number of nitrogens with one attached hydrogen (secondary N) is 1. The van der Waals surface area contributed by atoms with Crippen molar-refractivity contribution in [2.45, 2.75) is 13.8 Å². The maximum atomic E-state index is 12.9. The molecule has 3 rings (SSSR count). The van der Waals surface area contributed by atoms with Gasteiger partial charge in [-0.15, -0.1) is 0 Å². The van der Waals surface area contributed by atoms with E-state index in [1.165, 1.54) is 0 Å². The van der Waals surface area contributed by atoms with E-state index < -0.39 is 0 Å². The standard InChI is InChI=1S/C23H27N5O/c1-5-28(6-2)21-16-20(25-22(26-21)17-10-8-7-9-11-17)23(29)24-18-12-14-19(15-13-18)27(3)4/h7-16H,5-6H2,1-4H3,(H,24,29). The van der Waals surface area contributed by atoms with Gasteiger partial charge >= 0.3 is 0 Å². The summed E-state index contributed by atoms with van der Waals surface area (Å²) in [6, 6.07) is 19.2. The topological polar surface area (TPSA) is 61.4 Å². The van der Waals surface area contributed by atoms with Crippen LogP contribution in [0.1, 0.15) is 24.3 Å². The van der Waals surface area contributed by atoms with Gasteiger partial charge in [0.15, 0.2) is 5.82 Å². The second-order valence-electron chi connectivity index (χ2n) is 6.87. The van der Waals surface area contributed by atoms with Gasteiger partial charge in [0, 0.05) is 50.2 Å². The van der Waals surface area contributed by atoms with Gasteiger partial charge in [-0.2, -0.15) is 0 Å². The van der Waals surface area contributed by atoms with E-state index >= 15 is 0 Å². The average Bonchev–Trinajstić information content (AvgIpc) is 2.75. The lowest BCUT2D eigenvalue weighted by Gasteiger charge is -2.21. The van der Waals surface area contributed by atoms with E-state index in [-0.39, 0.29) is 5.91 Å². The molecule has 0 aliphatic rings. The minimum Gasteiger partial charge on any atom is -0.378 e. The molecule has 6 nitrogen and oxygen atoms in total. The summed E-state index contributed by atoms with van der Waals surface area (Å²) in [4.78, 5) is 26.3. The van der Waals surface area contributed by atoms with Crippen molar-refractivity contribution in [1.29, 1.82) is 0 Å². The van der Waals surface area contributed by atoms with Crippen molar-refractivity contribution in [1.82, 2.24) is 9.97 Å². The summed E-state index contributed by atoms with van der Waals surface area (Å²) < 4.78 is 0. The number of benzene rings is 2. The fourth-order valence-electron chi connectivity index (χ4n) is 3.01. The summed E-state index contributed by atoms with van der Waals surface area (Å²) in [6.45, 7) is 5.74. The molecule has 0 bridgehead atoms. The summed E-state index contributed by atoms with van der Waals surface area (Å²) in [5.41, 5.74) is 3.02. The first-order valence-corrected chi connectivity index (χ1v) is 9.80. The van der Waals surface area contributed by atoms with Crippen molar-refractivity contribution in [3.05, 3.63) is 66.4 Å². The van der Waals surface area contributed by atoms with Crippen molar-refractivity contribution in [3.63, 3.8) is 0 Å². The first-order valence-electron chi connectivity index (χ1n) is 9.80. The minimum atomic E-state index is -0.254. The maximum Gasteiger partial charge on any atom is 0.274 e. The number of carbonyl (C=O) groups is 1. The first kappa shape index (κ1) is 20.3. The van der Waals surface area contributed by atoms with Gasteiger partial charge in [-0.05, 0) is 38.1 Å². The second-order valence-corrected chi connectivity index (χ2v) is 6.87. The molecule has 150 valence electrons. The summed E-state index contributed by atoms with van der Waals surface area (Å²) in [5, 5.41) is 2.94. The molecule has 1 aromatic heterocycles. The van der Waals surface area contributed by atoms with Crippen molar-refractivity contribution < 1.29 is 4.79 Å². The highest BCUT2D eigenvalue weighted by Gasteiger charge is 2.16. The van der Waals surface area contributed by atoms with E-state index in [1.54, 1.807) is 6.07 Å². The van der Waals surface area contributed by atoms with Crippen LogP contribution >= 0.6 is 0 Å². The summed E-state index contributed by atoms with van der Waals surface area (Å²) in [6.07, 6.45) is 0. The van der Waals surface area contributed by atoms with Crippen molar-refractivity contribution in [2.24, 2.45) is 0 Å². The molecule has 1 amide bonds. The predicted molar refractivity (Wildman–Crippen MR) is 120 cm³/mol. The van der Waals surface area contributed by atoms with E-state index in [0.717, 1.165) is 35.8 Å². The quantitative estimate of drug-likeness (QED) is 0.652. The van der Waals surface area contributed by atoms with Crippen LogP contribution in [0.25, 0.3) is 11.4 Å². The van der Waals surface area contributed by atoms with E-state index in [9.17, 15) is 4.79 Å². The molecule has 0 radical (unpaired) electrons. The number of anilines is 3. The normalized spacial score (nSPS) is 10.5. The van der Waals surface area contributed by atoms with E-state index in [4.69, 9.17) is 4.98 Å². The number of hydrogen-bond acceptors (Lipinski definition) is 5. The van der Waals surface area contributed by atoms with Crippen LogP contribution in [0.5, 0.6) is 0 Å². The Morgan fingerprint density at radius 3 is 2.17 bits per heavy atom. The predicted octanol–water partition coefficient (Wildman–Crippen LogP) is 4.31. The zero-order valence-electron chi connectivity index (χ0n) is 17.4. The molecule has 0 atom stereocenters. The Kier molecular flexibility index (Phi) is 6.44. The van der Waals surface area contributed by atoms with Crippen LogP contribution in [0.15, 0.2) is 60.7 Å². The lowest BCUT2D eigenvalue weighted by atomic mass is 10.2. The van der Waals surface area contributed by atoms with Gasteiger partial charge in [0.1, 0.15) is 11.5 Å². The van der Waals surface area contributed by atoms with Gasteiger partial charge < -0.3 is 15.1 Å². The van der Waals surface area contributed by atoms with Crippen LogP contribution in [0.2, 0.25) is 0 Å². The average molecular weight is 390 g/mol. The Bertz CT molecular complexity index is 951. The van der Waals surface area contributed by atoms with Crippen LogP contribution in [0.4, 0.5) is 17.2 Å². The van der Waals surface area contributed by atoms with Gasteiger partial charge in [0.2, 0.25) is 0 Å². The number of nitrogens with zero attached hydrogens (tertiary/aromatic N) is 4. The van der Waals surface area contributed by atoms with Crippen LogP contribution in [-0.2, 0) is 0 Å². The third kappa shape index (κ3) is 4.90. The van der Waals surface area contributed by atoms with Crippen LogP contribution in [0.3, 0.4) is 0 Å². The molecule has 1 N–H and O–H groups in total. The molecular weight excluding hydrogens is 362 g/mol. The zero-order valence-corrected chi connectivity index (χ0v) is 17.4. The van der Waals surface area contributed by atoms with Gasteiger partial charge in [0.05, 0.1) is 0 Å². The molecule has 0 saturated carbocycles. The molecule has 29 heavy (non-hydrogen) atoms. The Labute approximate surface area is 172 Å². The second kappa shape index (κ2) is 9.19. The monoisotopic (exact) mass is 389 g/mol. The van der Waals surface area contributed by atoms with Crippen LogP contribution < -0.4 is 15.1 Å². The van der Waals surface area contributed by atoms with Crippen molar-refractivity contribution >= 4 is 23.1 Å². The van der Waals surface area contributed by atoms with E-state index in [0.29, 0.717) is 11.5 Å². The summed E-state index contributed by atoms with van der Waals surface area (Å²) in [7, 11) is 3.96. The maximum absolute atomic E-state index is 12.9. The van der Waals surface area contributed by atoms with Crippen LogP contribution in [0, 0.1) is 0 Å². The Morgan fingerprint density at radius 2 is 1.59 bits per heavy atom. The molecule has 0 fully saturated rings. The molecule has 0 aliphatic heterocycles. The van der Waals surface area contributed by atoms with E-state index in [2.05, 4.69) is 29.0 Å². The van der Waals surface area contributed by atoms with Gasteiger partial charge in [-0.1, -0.05) is 30.3 Å². The highest BCUT2D eigenvalue weighted by atomic mass is 16.1. The van der Waals surface area contributed by atoms with Gasteiger partial charge in [0.25, 0.3) is 5.91 Å². The smallest absolute Gasteiger partial charge is 0.274 e. The summed E-state index contributed by atoms with van der Waals surface area (Å²) in [5.74, 6) is 1.04. The largest absolute Gasteiger partial charge is 0.378 e. The molecule has 2 aromatic carbocycles. The molecule has 6 heteroatoms. The number of rotatable bonds is 7. The van der Waals surface area contributed by atoms with Crippen molar-refractivity contribution in [2.75, 3.05) is 42.3 Å². The van der Waals surface area contributed by atoms with Crippen molar-refractivity contribution in [3.8, 4) is 11.4 Å². The SMILES string of the molecule is CCN(CC)c1cc(C(=O)Nc2ccc(N(C)C)cc2)nc(-c2ccccc2)n1. The minimum absolute atomic E-state index is 0.254. The lowest BCUT2D eigenvalue weighted by molar-refractivity contribution is 0.102. The number of carbonyl (C=O) groups excluding carboxylic acids is 1. The molecule has 0 saturated heterocycles. The van der Waals surface area contributed by atoms with E-state index in [1.807, 2.05) is 73.6 Å². The number of aromatic nitrogens is 2. The third-order valence-electron chi connectivity index (χ3n) is 4.71. The highest BCUT2D eigenvalue weighted by molar-refractivity contribution is 6.03. The Morgan fingerprint density at radius 1 is 0.931 bits per heavy atom. The highest BCUT2D eigenvalue weighted by Crippen LogP contribution is 2.21. The molecular formula is C23H27N5O. The molecule has 0 unspecified atom stereocenters. The zero-order chi connectivity index (χ0) is 20.8. The van der Waals surface area contributed by atoms with Gasteiger partial charge in [-0.25, -0.2) is 9.97 Å². The Hall–Kier alpha value is -3.41. The molecule has 0 spiro atoms. The number of amides is 1. The Balaban J connectivity index is 1.94. The first-order chi connectivity index (χ1) is 14.0. The fourth-order valence-corrected chi connectivity index (χ4v) is 3.01. The van der Waals surface area contributed by atoms with Crippen LogP contribution in [-0.4, -0.2) is 43.1 Å². The fraction of sp³-hybridized carbons (Fsp3) is 0.261. The third-order valence-corrected chi connectivity index (χ3v) is 4.71. The molecule has 3 aromatic rings. The summed E-state index contributed by atoms with van der Waals surface area (Å²) >= 11 is 0. The lowest BCUT2D eigenvalue weighted by Crippen LogP contribution is -2.24. The molecule has 0 aliphatic carbocycles. The van der Waals surface area contributed by atoms with Gasteiger partial charge in [-0.3, -0.25) is 4.79 Å². The molecule has 1 heterocycles.